The molecule has 8 heteroatoms. The molecule has 0 bridgehead atoms. The molecule has 1 atom stereocenters. The number of hydrogen-bond acceptors (Lipinski definition) is 6. The predicted molar refractivity (Wildman–Crippen MR) is 131 cm³/mol. The van der Waals surface area contributed by atoms with Crippen molar-refractivity contribution in [1.29, 1.82) is 0 Å². The first-order chi connectivity index (χ1) is 16.4. The molecular formula is C26H25ClN2O5. The Balaban J connectivity index is 1.47. The molecule has 0 heterocycles. The number of hydrogen-bond donors (Lipinski definition) is 1. The first-order valence-electron chi connectivity index (χ1n) is 10.7. The normalized spacial score (nSPS) is 11.6. The van der Waals surface area contributed by atoms with Gasteiger partial charge in [-0.05, 0) is 91.7 Å². The summed E-state index contributed by atoms with van der Waals surface area (Å²) in [6, 6.07) is 20.2. The molecule has 0 spiro atoms. The molecular weight excluding hydrogens is 456 g/mol. The van der Waals surface area contributed by atoms with Crippen LogP contribution < -0.4 is 19.6 Å². The van der Waals surface area contributed by atoms with E-state index in [9.17, 15) is 9.59 Å². The number of nitrogens with one attached hydrogen (secondary N) is 1. The van der Waals surface area contributed by atoms with E-state index in [0.717, 1.165) is 6.42 Å². The molecule has 7 nitrogen and oxygen atoms in total. The first kappa shape index (κ1) is 24.8. The Morgan fingerprint density at radius 2 is 1.56 bits per heavy atom. The summed E-state index contributed by atoms with van der Waals surface area (Å²) in [5.74, 6) is 0.762. The molecule has 34 heavy (non-hydrogen) atoms. The fourth-order valence-electron chi connectivity index (χ4n) is 2.73. The molecule has 3 rings (SSSR count). The van der Waals surface area contributed by atoms with E-state index in [0.29, 0.717) is 40.0 Å². The van der Waals surface area contributed by atoms with Crippen molar-refractivity contribution in [2.45, 2.75) is 26.4 Å². The van der Waals surface area contributed by atoms with Crippen LogP contribution in [0.1, 0.15) is 36.2 Å². The smallest absolute Gasteiger partial charge is 0.343 e. The number of nitrogens with zero attached hydrogens (tertiary/aromatic N) is 1. The maximum Gasteiger partial charge on any atom is 0.343 e. The van der Waals surface area contributed by atoms with Crippen LogP contribution in [0, 0.1) is 0 Å². The van der Waals surface area contributed by atoms with Crippen molar-refractivity contribution >= 4 is 29.7 Å². The molecule has 0 aliphatic rings. The quantitative estimate of drug-likeness (QED) is 0.185. The second-order valence-corrected chi connectivity index (χ2v) is 7.72. The number of rotatable bonds is 10. The number of benzene rings is 3. The third-order valence-electron chi connectivity index (χ3n) is 4.54. The molecule has 1 unspecified atom stereocenters. The maximum absolute atomic E-state index is 12.3. The van der Waals surface area contributed by atoms with E-state index in [2.05, 4.69) is 10.5 Å². The highest BCUT2D eigenvalue weighted by molar-refractivity contribution is 6.30. The van der Waals surface area contributed by atoms with E-state index in [4.69, 9.17) is 25.8 Å². The second-order valence-electron chi connectivity index (χ2n) is 7.28. The van der Waals surface area contributed by atoms with Gasteiger partial charge in [-0.2, -0.15) is 5.10 Å². The molecule has 3 aromatic carbocycles. The average molecular weight is 481 g/mol. The van der Waals surface area contributed by atoms with Crippen LogP contribution in [-0.2, 0) is 4.79 Å². The summed E-state index contributed by atoms with van der Waals surface area (Å²) >= 11 is 5.84. The average Bonchev–Trinajstić information content (AvgIpc) is 2.85. The Bertz CT molecular complexity index is 1110. The van der Waals surface area contributed by atoms with E-state index in [-0.39, 0.29) is 0 Å². The molecule has 0 fully saturated rings. The third kappa shape index (κ3) is 7.64. The van der Waals surface area contributed by atoms with Crippen molar-refractivity contribution in [1.82, 2.24) is 5.43 Å². The highest BCUT2D eigenvalue weighted by Crippen LogP contribution is 2.18. The second kappa shape index (κ2) is 12.4. The summed E-state index contributed by atoms with van der Waals surface area (Å²) in [4.78, 5) is 24.5. The van der Waals surface area contributed by atoms with E-state index >= 15 is 0 Å². The molecule has 0 aliphatic heterocycles. The highest BCUT2D eigenvalue weighted by Gasteiger charge is 2.14. The zero-order chi connectivity index (χ0) is 24.3. The lowest BCUT2D eigenvalue weighted by Gasteiger charge is -2.12. The maximum atomic E-state index is 12.3. The van der Waals surface area contributed by atoms with Gasteiger partial charge in [0.05, 0.1) is 18.4 Å². The van der Waals surface area contributed by atoms with Crippen molar-refractivity contribution in [2.24, 2.45) is 5.10 Å². The van der Waals surface area contributed by atoms with Gasteiger partial charge in [0.1, 0.15) is 17.2 Å². The highest BCUT2D eigenvalue weighted by atomic mass is 35.5. The van der Waals surface area contributed by atoms with Gasteiger partial charge < -0.3 is 14.2 Å². The summed E-state index contributed by atoms with van der Waals surface area (Å²) in [7, 11) is 0. The summed E-state index contributed by atoms with van der Waals surface area (Å²) in [6.45, 7) is 4.27. The molecule has 0 aliphatic carbocycles. The van der Waals surface area contributed by atoms with Crippen LogP contribution in [0.2, 0.25) is 5.02 Å². The van der Waals surface area contributed by atoms with Crippen LogP contribution in [-0.4, -0.2) is 30.8 Å². The monoisotopic (exact) mass is 480 g/mol. The van der Waals surface area contributed by atoms with Crippen molar-refractivity contribution in [3.05, 3.63) is 88.9 Å². The number of amides is 1. The van der Waals surface area contributed by atoms with Crippen LogP contribution in [0.3, 0.4) is 0 Å². The Hall–Kier alpha value is -3.84. The zero-order valence-electron chi connectivity index (χ0n) is 18.9. The minimum absolute atomic E-state index is 0.391. The van der Waals surface area contributed by atoms with Crippen LogP contribution >= 0.6 is 11.6 Å². The standard InChI is InChI=1S/C26H25ClN2O5/c1-3-16-32-22-12-6-20(7-13-22)26(31)34-24-10-4-19(5-11-24)17-28-29-25(30)18(2)33-23-14-8-21(27)9-15-23/h4-15,17-18H,3,16H2,1-2H3,(H,29,30). The summed E-state index contributed by atoms with van der Waals surface area (Å²) in [6.07, 6.45) is 1.65. The summed E-state index contributed by atoms with van der Waals surface area (Å²) < 4.78 is 16.5. The van der Waals surface area contributed by atoms with Crippen molar-refractivity contribution in [3.63, 3.8) is 0 Å². The number of carbonyl (C=O) groups excluding carboxylic acids is 2. The van der Waals surface area contributed by atoms with Crippen molar-refractivity contribution < 1.29 is 23.8 Å². The summed E-state index contributed by atoms with van der Waals surface area (Å²) in [5, 5.41) is 4.53. The lowest BCUT2D eigenvalue weighted by molar-refractivity contribution is -0.127. The Kier molecular flexibility index (Phi) is 9.05. The minimum Gasteiger partial charge on any atom is -0.494 e. The van der Waals surface area contributed by atoms with E-state index in [1.54, 1.807) is 79.7 Å². The fourth-order valence-corrected chi connectivity index (χ4v) is 2.85. The summed E-state index contributed by atoms with van der Waals surface area (Å²) in [5.41, 5.74) is 3.57. The van der Waals surface area contributed by atoms with Gasteiger partial charge in [-0.25, -0.2) is 10.2 Å². The Labute approximate surface area is 203 Å². The fraction of sp³-hybridized carbons (Fsp3) is 0.192. The molecule has 0 radical (unpaired) electrons. The molecule has 0 saturated carbocycles. The van der Waals surface area contributed by atoms with Gasteiger partial charge in [-0.1, -0.05) is 18.5 Å². The third-order valence-corrected chi connectivity index (χ3v) is 4.79. The molecule has 1 N–H and O–H groups in total. The Morgan fingerprint density at radius 1 is 0.941 bits per heavy atom. The number of ether oxygens (including phenoxy) is 3. The lowest BCUT2D eigenvalue weighted by Crippen LogP contribution is -2.33. The largest absolute Gasteiger partial charge is 0.494 e. The van der Waals surface area contributed by atoms with Crippen LogP contribution in [0.25, 0.3) is 0 Å². The van der Waals surface area contributed by atoms with E-state index < -0.39 is 18.0 Å². The lowest BCUT2D eigenvalue weighted by atomic mass is 10.2. The molecule has 0 saturated heterocycles. The van der Waals surface area contributed by atoms with Gasteiger partial charge in [0.2, 0.25) is 0 Å². The zero-order valence-corrected chi connectivity index (χ0v) is 19.6. The van der Waals surface area contributed by atoms with Crippen LogP contribution in [0.15, 0.2) is 77.9 Å². The molecule has 1 amide bonds. The number of carbonyl (C=O) groups is 2. The van der Waals surface area contributed by atoms with Crippen LogP contribution in [0.5, 0.6) is 17.2 Å². The van der Waals surface area contributed by atoms with Crippen molar-refractivity contribution in [2.75, 3.05) is 6.61 Å². The van der Waals surface area contributed by atoms with Gasteiger partial charge >= 0.3 is 5.97 Å². The van der Waals surface area contributed by atoms with Gasteiger partial charge in [0, 0.05) is 5.02 Å². The SMILES string of the molecule is CCCOc1ccc(C(=O)Oc2ccc(C=NNC(=O)C(C)Oc3ccc(Cl)cc3)cc2)cc1. The minimum atomic E-state index is -0.743. The van der Waals surface area contributed by atoms with Gasteiger partial charge in [-0.3, -0.25) is 4.79 Å². The van der Waals surface area contributed by atoms with E-state index in [1.807, 2.05) is 6.92 Å². The van der Waals surface area contributed by atoms with Crippen molar-refractivity contribution in [3.8, 4) is 17.2 Å². The van der Waals surface area contributed by atoms with E-state index in [1.165, 1.54) is 6.21 Å². The molecule has 3 aromatic rings. The van der Waals surface area contributed by atoms with Gasteiger partial charge in [0.15, 0.2) is 6.10 Å². The first-order valence-corrected chi connectivity index (χ1v) is 11.1. The molecule has 0 aromatic heterocycles. The number of esters is 1. The van der Waals surface area contributed by atoms with Gasteiger partial charge in [-0.15, -0.1) is 0 Å². The Morgan fingerprint density at radius 3 is 2.21 bits per heavy atom. The topological polar surface area (TPSA) is 86.2 Å². The predicted octanol–water partition coefficient (Wildman–Crippen LogP) is 5.27. The van der Waals surface area contributed by atoms with Crippen LogP contribution in [0.4, 0.5) is 0 Å². The number of hydrazone groups is 1. The van der Waals surface area contributed by atoms with Gasteiger partial charge in [0.25, 0.3) is 5.91 Å². The number of halogens is 1. The molecule has 176 valence electrons.